The Morgan fingerprint density at radius 2 is 1.67 bits per heavy atom. The van der Waals surface area contributed by atoms with Crippen molar-refractivity contribution >= 4 is 11.8 Å². The Labute approximate surface area is 126 Å². The first-order chi connectivity index (χ1) is 9.70. The summed E-state index contributed by atoms with van der Waals surface area (Å²) in [7, 11) is 0. The predicted octanol–water partition coefficient (Wildman–Crippen LogP) is 2.38. The maximum absolute atomic E-state index is 11.6. The zero-order valence-electron chi connectivity index (χ0n) is 13.3. The number of hydrazine groups is 1. The molecule has 0 aliphatic heterocycles. The quantitative estimate of drug-likeness (QED) is 0.837. The molecule has 0 aliphatic carbocycles. The Morgan fingerprint density at radius 1 is 1.10 bits per heavy atom. The fraction of sp³-hybridized carbons (Fsp3) is 0.500. The summed E-state index contributed by atoms with van der Waals surface area (Å²) in [6.07, 6.45) is 0. The molecule has 0 saturated heterocycles. The average Bonchev–Trinajstić information content (AvgIpc) is 2.41. The largest absolute Gasteiger partial charge is 0.484 e. The molecule has 0 bridgehead atoms. The zero-order valence-corrected chi connectivity index (χ0v) is 13.3. The van der Waals surface area contributed by atoms with Gasteiger partial charge in [0.2, 0.25) is 5.91 Å². The number of rotatable bonds is 4. The highest BCUT2D eigenvalue weighted by Crippen LogP contribution is 2.18. The van der Waals surface area contributed by atoms with E-state index in [9.17, 15) is 9.59 Å². The fourth-order valence-electron chi connectivity index (χ4n) is 1.45. The molecular weight excluding hydrogens is 268 g/mol. The van der Waals surface area contributed by atoms with E-state index in [4.69, 9.17) is 4.74 Å². The average molecular weight is 292 g/mol. The van der Waals surface area contributed by atoms with Crippen LogP contribution in [0.15, 0.2) is 24.3 Å². The highest BCUT2D eigenvalue weighted by atomic mass is 16.5. The van der Waals surface area contributed by atoms with Crippen LogP contribution in [-0.2, 0) is 9.59 Å². The van der Waals surface area contributed by atoms with E-state index in [1.54, 1.807) is 20.8 Å². The maximum atomic E-state index is 11.6. The topological polar surface area (TPSA) is 67.4 Å². The minimum atomic E-state index is -0.555. The summed E-state index contributed by atoms with van der Waals surface area (Å²) in [6.45, 7) is 9.37. The van der Waals surface area contributed by atoms with Crippen LogP contribution in [0, 0.1) is 5.41 Å². The van der Waals surface area contributed by atoms with Gasteiger partial charge >= 0.3 is 0 Å². The van der Waals surface area contributed by atoms with E-state index >= 15 is 0 Å². The second-order valence-electron chi connectivity index (χ2n) is 6.26. The summed E-state index contributed by atoms with van der Waals surface area (Å²) in [4.78, 5) is 23.2. The smallest absolute Gasteiger partial charge is 0.276 e. The number of nitrogens with one attached hydrogen (secondary N) is 2. The first-order valence-electron chi connectivity index (χ1n) is 7.02. The lowest BCUT2D eigenvalue weighted by Crippen LogP contribution is -2.48. The standard InChI is InChI=1S/C16H24N2O3/c1-11(2)12-6-8-13(9-7-12)21-10-14(19)17-18-15(20)16(3,4)5/h6-9,11H,10H2,1-5H3,(H,17,19)(H,18,20). The van der Waals surface area contributed by atoms with Crippen molar-refractivity contribution in [3.8, 4) is 5.75 Å². The van der Waals surface area contributed by atoms with Gasteiger partial charge in [-0.05, 0) is 23.6 Å². The van der Waals surface area contributed by atoms with Gasteiger partial charge in [0.05, 0.1) is 0 Å². The molecule has 116 valence electrons. The molecule has 5 heteroatoms. The van der Waals surface area contributed by atoms with Gasteiger partial charge in [-0.3, -0.25) is 20.4 Å². The van der Waals surface area contributed by atoms with Crippen molar-refractivity contribution in [3.05, 3.63) is 29.8 Å². The van der Waals surface area contributed by atoms with Gasteiger partial charge in [-0.15, -0.1) is 0 Å². The van der Waals surface area contributed by atoms with E-state index in [-0.39, 0.29) is 12.5 Å². The number of benzene rings is 1. The number of hydrogen-bond donors (Lipinski definition) is 2. The van der Waals surface area contributed by atoms with E-state index < -0.39 is 11.3 Å². The van der Waals surface area contributed by atoms with Crippen LogP contribution in [-0.4, -0.2) is 18.4 Å². The fourth-order valence-corrected chi connectivity index (χ4v) is 1.45. The molecule has 0 aliphatic rings. The van der Waals surface area contributed by atoms with Gasteiger partial charge in [-0.25, -0.2) is 0 Å². The maximum Gasteiger partial charge on any atom is 0.276 e. The monoisotopic (exact) mass is 292 g/mol. The molecule has 0 spiro atoms. The third-order valence-electron chi connectivity index (χ3n) is 2.91. The van der Waals surface area contributed by atoms with Gasteiger partial charge in [0.15, 0.2) is 6.61 Å². The van der Waals surface area contributed by atoms with Crippen LogP contribution in [0.2, 0.25) is 0 Å². The molecule has 1 aromatic carbocycles. The van der Waals surface area contributed by atoms with Gasteiger partial charge < -0.3 is 4.74 Å². The van der Waals surface area contributed by atoms with Gasteiger partial charge in [-0.2, -0.15) is 0 Å². The first-order valence-corrected chi connectivity index (χ1v) is 7.02. The molecule has 2 N–H and O–H groups in total. The summed E-state index contributed by atoms with van der Waals surface area (Å²) in [5, 5.41) is 0. The third-order valence-corrected chi connectivity index (χ3v) is 2.91. The Hall–Kier alpha value is -2.04. The number of hydrogen-bond acceptors (Lipinski definition) is 3. The lowest BCUT2D eigenvalue weighted by atomic mass is 9.96. The Kier molecular flexibility index (Phi) is 5.76. The number of carbonyl (C=O) groups excluding carboxylic acids is 2. The normalized spacial score (nSPS) is 11.1. The molecule has 0 atom stereocenters. The van der Waals surface area contributed by atoms with Gasteiger partial charge in [0.1, 0.15) is 5.75 Å². The predicted molar refractivity (Wildman–Crippen MR) is 81.8 cm³/mol. The molecule has 21 heavy (non-hydrogen) atoms. The summed E-state index contributed by atoms with van der Waals surface area (Å²) >= 11 is 0. The van der Waals surface area contributed by atoms with Crippen molar-refractivity contribution in [3.63, 3.8) is 0 Å². The van der Waals surface area contributed by atoms with E-state index in [2.05, 4.69) is 24.7 Å². The van der Waals surface area contributed by atoms with Crippen molar-refractivity contribution in [2.24, 2.45) is 5.41 Å². The van der Waals surface area contributed by atoms with Crippen molar-refractivity contribution < 1.29 is 14.3 Å². The molecule has 0 radical (unpaired) electrons. The highest BCUT2D eigenvalue weighted by molar-refractivity contribution is 5.85. The third kappa shape index (κ3) is 5.85. The molecule has 0 heterocycles. The molecule has 0 saturated carbocycles. The molecule has 1 rings (SSSR count). The van der Waals surface area contributed by atoms with Crippen LogP contribution in [0.1, 0.15) is 46.1 Å². The van der Waals surface area contributed by atoms with Gasteiger partial charge in [0.25, 0.3) is 5.91 Å². The minimum absolute atomic E-state index is 0.147. The van der Waals surface area contributed by atoms with Crippen LogP contribution >= 0.6 is 0 Å². The molecule has 0 aromatic heterocycles. The SMILES string of the molecule is CC(C)c1ccc(OCC(=O)NNC(=O)C(C)(C)C)cc1. The minimum Gasteiger partial charge on any atom is -0.484 e. The number of ether oxygens (including phenoxy) is 1. The van der Waals surface area contributed by atoms with Crippen LogP contribution in [0.4, 0.5) is 0 Å². The van der Waals surface area contributed by atoms with Crippen LogP contribution in [0.5, 0.6) is 5.75 Å². The second-order valence-corrected chi connectivity index (χ2v) is 6.26. The van der Waals surface area contributed by atoms with E-state index in [1.165, 1.54) is 5.56 Å². The molecule has 0 unspecified atom stereocenters. The summed E-state index contributed by atoms with van der Waals surface area (Å²) in [5.74, 6) is 0.421. The summed E-state index contributed by atoms with van der Waals surface area (Å²) in [6, 6.07) is 7.60. The van der Waals surface area contributed by atoms with Crippen LogP contribution in [0.3, 0.4) is 0 Å². The molecule has 5 nitrogen and oxygen atoms in total. The Bertz CT molecular complexity index is 487. The van der Waals surface area contributed by atoms with Crippen molar-refractivity contribution in [2.75, 3.05) is 6.61 Å². The lowest BCUT2D eigenvalue weighted by Gasteiger charge is -2.18. The molecular formula is C16H24N2O3. The summed E-state index contributed by atoms with van der Waals surface area (Å²) < 4.78 is 5.36. The zero-order chi connectivity index (χ0) is 16.0. The van der Waals surface area contributed by atoms with Gasteiger partial charge in [0, 0.05) is 5.41 Å². The Morgan fingerprint density at radius 3 is 2.14 bits per heavy atom. The first kappa shape index (κ1) is 17.0. The van der Waals surface area contributed by atoms with E-state index in [0.29, 0.717) is 11.7 Å². The van der Waals surface area contributed by atoms with Crippen LogP contribution < -0.4 is 15.6 Å². The molecule has 2 amide bonds. The number of amides is 2. The van der Waals surface area contributed by atoms with Crippen molar-refractivity contribution in [1.82, 2.24) is 10.9 Å². The highest BCUT2D eigenvalue weighted by Gasteiger charge is 2.21. The summed E-state index contributed by atoms with van der Waals surface area (Å²) in [5.41, 5.74) is 5.35. The van der Waals surface area contributed by atoms with Crippen LogP contribution in [0.25, 0.3) is 0 Å². The lowest BCUT2D eigenvalue weighted by molar-refractivity contribution is -0.134. The molecule has 0 fully saturated rings. The Balaban J connectivity index is 2.38. The van der Waals surface area contributed by atoms with Crippen molar-refractivity contribution in [1.29, 1.82) is 0 Å². The van der Waals surface area contributed by atoms with Crippen molar-refractivity contribution in [2.45, 2.75) is 40.5 Å². The number of carbonyl (C=O) groups is 2. The van der Waals surface area contributed by atoms with Gasteiger partial charge in [-0.1, -0.05) is 46.8 Å². The van der Waals surface area contributed by atoms with E-state index in [1.807, 2.05) is 24.3 Å². The second kappa shape index (κ2) is 7.11. The van der Waals surface area contributed by atoms with E-state index in [0.717, 1.165) is 0 Å². The molecule has 1 aromatic rings.